The molecule has 0 aromatic heterocycles. The average molecular weight is 266 g/mol. The Bertz CT molecular complexity index is 264. The number of rotatable bonds is 4. The fraction of sp³-hybridized carbons (Fsp3) is 0.938. The molecule has 2 fully saturated rings. The maximum atomic E-state index is 12.3. The first-order valence-corrected chi connectivity index (χ1v) is 8.33. The zero-order chi connectivity index (χ0) is 13.5. The Morgan fingerprint density at radius 1 is 1.11 bits per heavy atom. The van der Waals surface area contributed by atoms with E-state index in [0.29, 0.717) is 6.04 Å². The van der Waals surface area contributed by atoms with Crippen molar-refractivity contribution in [1.82, 2.24) is 10.6 Å². The number of nitrogens with one attached hydrogen (secondary N) is 2. The molecule has 110 valence electrons. The van der Waals surface area contributed by atoms with Crippen LogP contribution in [0, 0.1) is 5.92 Å². The molecule has 0 spiro atoms. The highest BCUT2D eigenvalue weighted by Gasteiger charge is 2.25. The quantitative estimate of drug-likeness (QED) is 0.821. The van der Waals surface area contributed by atoms with Crippen molar-refractivity contribution in [1.29, 1.82) is 0 Å². The van der Waals surface area contributed by atoms with Gasteiger partial charge in [0.15, 0.2) is 0 Å². The van der Waals surface area contributed by atoms with Gasteiger partial charge in [-0.2, -0.15) is 0 Å². The third-order valence-corrected chi connectivity index (χ3v) is 4.77. The fourth-order valence-corrected chi connectivity index (χ4v) is 3.56. The van der Waals surface area contributed by atoms with Crippen molar-refractivity contribution >= 4 is 5.91 Å². The Kier molecular flexibility index (Phi) is 6.15. The summed E-state index contributed by atoms with van der Waals surface area (Å²) in [6.45, 7) is 3.27. The molecule has 2 rings (SSSR count). The molecule has 2 N–H and O–H groups in total. The summed E-state index contributed by atoms with van der Waals surface area (Å²) in [7, 11) is 0. The van der Waals surface area contributed by atoms with Gasteiger partial charge in [-0.15, -0.1) is 0 Å². The van der Waals surface area contributed by atoms with E-state index < -0.39 is 0 Å². The van der Waals surface area contributed by atoms with Crippen molar-refractivity contribution in [3.8, 4) is 0 Å². The van der Waals surface area contributed by atoms with Gasteiger partial charge >= 0.3 is 0 Å². The van der Waals surface area contributed by atoms with Crippen LogP contribution in [0.3, 0.4) is 0 Å². The lowest BCUT2D eigenvalue weighted by Gasteiger charge is -2.30. The first-order valence-electron chi connectivity index (χ1n) is 8.33. The Morgan fingerprint density at radius 3 is 2.63 bits per heavy atom. The topological polar surface area (TPSA) is 41.1 Å². The third kappa shape index (κ3) is 4.79. The Morgan fingerprint density at radius 2 is 1.89 bits per heavy atom. The summed E-state index contributed by atoms with van der Waals surface area (Å²) in [6.07, 6.45) is 12.3. The molecule has 0 bridgehead atoms. The van der Waals surface area contributed by atoms with Gasteiger partial charge in [-0.1, -0.05) is 32.6 Å². The highest BCUT2D eigenvalue weighted by atomic mass is 16.2. The molecule has 0 radical (unpaired) electrons. The largest absolute Gasteiger partial charge is 0.352 e. The maximum absolute atomic E-state index is 12.3. The van der Waals surface area contributed by atoms with E-state index in [1.807, 2.05) is 0 Å². The minimum absolute atomic E-state index is 0.0656. The van der Waals surface area contributed by atoms with E-state index in [9.17, 15) is 4.79 Å². The van der Waals surface area contributed by atoms with Crippen LogP contribution in [0.4, 0.5) is 0 Å². The fourth-order valence-electron chi connectivity index (χ4n) is 3.56. The van der Waals surface area contributed by atoms with E-state index in [2.05, 4.69) is 17.6 Å². The molecule has 3 heteroatoms. The van der Waals surface area contributed by atoms with Crippen LogP contribution in [0.2, 0.25) is 0 Å². The smallest absolute Gasteiger partial charge is 0.237 e. The first-order chi connectivity index (χ1) is 9.29. The van der Waals surface area contributed by atoms with Crippen molar-refractivity contribution < 1.29 is 4.79 Å². The molecule has 1 amide bonds. The van der Waals surface area contributed by atoms with Crippen molar-refractivity contribution in [2.24, 2.45) is 5.92 Å². The zero-order valence-corrected chi connectivity index (χ0v) is 12.4. The SMILES string of the molecule is CCCC1CCC(NC(=O)C2CCCCCN2)CC1. The molecule has 1 aliphatic heterocycles. The number of amides is 1. The lowest BCUT2D eigenvalue weighted by Crippen LogP contribution is -2.48. The van der Waals surface area contributed by atoms with Crippen molar-refractivity contribution in [3.05, 3.63) is 0 Å². The monoisotopic (exact) mass is 266 g/mol. The van der Waals surface area contributed by atoms with Gasteiger partial charge in [-0.25, -0.2) is 0 Å². The molecule has 3 nitrogen and oxygen atoms in total. The molecule has 19 heavy (non-hydrogen) atoms. The number of carbonyl (C=O) groups excluding carboxylic acids is 1. The lowest BCUT2D eigenvalue weighted by atomic mass is 9.83. The highest BCUT2D eigenvalue weighted by molar-refractivity contribution is 5.82. The third-order valence-electron chi connectivity index (χ3n) is 4.77. The second-order valence-electron chi connectivity index (χ2n) is 6.37. The van der Waals surface area contributed by atoms with Crippen LogP contribution in [0.25, 0.3) is 0 Å². The number of carbonyl (C=O) groups is 1. The summed E-state index contributed by atoms with van der Waals surface area (Å²) in [4.78, 5) is 12.3. The normalized spacial score (nSPS) is 32.6. The van der Waals surface area contributed by atoms with Gasteiger partial charge in [0.25, 0.3) is 0 Å². The number of hydrogen-bond donors (Lipinski definition) is 2. The Balaban J connectivity index is 1.70. The van der Waals surface area contributed by atoms with Crippen molar-refractivity contribution in [2.75, 3.05) is 6.54 Å². The van der Waals surface area contributed by atoms with Gasteiger partial charge in [0, 0.05) is 6.04 Å². The van der Waals surface area contributed by atoms with E-state index in [0.717, 1.165) is 18.9 Å². The molecule has 1 saturated heterocycles. The molecule has 0 aromatic rings. The van der Waals surface area contributed by atoms with Crippen LogP contribution in [-0.4, -0.2) is 24.5 Å². The zero-order valence-electron chi connectivity index (χ0n) is 12.4. The highest BCUT2D eigenvalue weighted by Crippen LogP contribution is 2.27. The molecule has 2 aliphatic rings. The lowest BCUT2D eigenvalue weighted by molar-refractivity contribution is -0.124. The van der Waals surface area contributed by atoms with Gasteiger partial charge in [0.05, 0.1) is 6.04 Å². The summed E-state index contributed by atoms with van der Waals surface area (Å²) in [6, 6.07) is 0.501. The second-order valence-corrected chi connectivity index (χ2v) is 6.37. The van der Waals surface area contributed by atoms with Crippen LogP contribution in [0.5, 0.6) is 0 Å². The van der Waals surface area contributed by atoms with Crippen LogP contribution in [0.1, 0.15) is 71.1 Å². The summed E-state index contributed by atoms with van der Waals surface area (Å²) < 4.78 is 0. The summed E-state index contributed by atoms with van der Waals surface area (Å²) in [5.74, 6) is 1.16. The average Bonchev–Trinajstić information content (AvgIpc) is 2.70. The van der Waals surface area contributed by atoms with Gasteiger partial charge < -0.3 is 10.6 Å². The van der Waals surface area contributed by atoms with Crippen LogP contribution in [-0.2, 0) is 4.79 Å². The molecule has 0 aromatic carbocycles. The molecule has 1 atom stereocenters. The standard InChI is InChI=1S/C16H30N2O/c1-2-6-13-8-10-14(11-9-13)18-16(19)15-7-4-3-5-12-17-15/h13-15,17H,2-12H2,1H3,(H,18,19). The second kappa shape index (κ2) is 7.88. The summed E-state index contributed by atoms with van der Waals surface area (Å²) in [5.41, 5.74) is 0. The Hall–Kier alpha value is -0.570. The Labute approximate surface area is 117 Å². The molecular formula is C16H30N2O. The van der Waals surface area contributed by atoms with Gasteiger partial charge in [-0.05, 0) is 51.0 Å². The van der Waals surface area contributed by atoms with E-state index in [4.69, 9.17) is 0 Å². The minimum Gasteiger partial charge on any atom is -0.352 e. The number of hydrogen-bond acceptors (Lipinski definition) is 2. The van der Waals surface area contributed by atoms with E-state index in [1.165, 1.54) is 57.8 Å². The van der Waals surface area contributed by atoms with Gasteiger partial charge in [0.2, 0.25) is 5.91 Å². The molecule has 1 heterocycles. The van der Waals surface area contributed by atoms with Gasteiger partial charge in [0.1, 0.15) is 0 Å². The van der Waals surface area contributed by atoms with Crippen LogP contribution in [0.15, 0.2) is 0 Å². The van der Waals surface area contributed by atoms with E-state index >= 15 is 0 Å². The molecule has 1 unspecified atom stereocenters. The summed E-state index contributed by atoms with van der Waals surface area (Å²) >= 11 is 0. The first kappa shape index (κ1) is 14.8. The summed E-state index contributed by atoms with van der Waals surface area (Å²) in [5, 5.41) is 6.67. The van der Waals surface area contributed by atoms with E-state index in [1.54, 1.807) is 0 Å². The maximum Gasteiger partial charge on any atom is 0.237 e. The van der Waals surface area contributed by atoms with Crippen molar-refractivity contribution in [2.45, 2.75) is 83.2 Å². The van der Waals surface area contributed by atoms with Crippen LogP contribution >= 0.6 is 0 Å². The molecular weight excluding hydrogens is 236 g/mol. The molecule has 1 saturated carbocycles. The van der Waals surface area contributed by atoms with Crippen molar-refractivity contribution in [3.63, 3.8) is 0 Å². The predicted octanol–water partition coefficient (Wildman–Crippen LogP) is 2.99. The van der Waals surface area contributed by atoms with Gasteiger partial charge in [-0.3, -0.25) is 4.79 Å². The minimum atomic E-state index is 0.0656. The van der Waals surface area contributed by atoms with E-state index in [-0.39, 0.29) is 11.9 Å². The molecule has 1 aliphatic carbocycles. The van der Waals surface area contributed by atoms with Crippen LogP contribution < -0.4 is 10.6 Å². The predicted molar refractivity (Wildman–Crippen MR) is 79.1 cm³/mol.